The number of amides is 2. The SMILES string of the molecule is Cc1cc(C)cc(OCC(=O)Nc2ccc3c(c2)CCC(=O)N3CC(C)C)c1. The van der Waals surface area contributed by atoms with Crippen LogP contribution < -0.4 is 15.0 Å². The van der Waals surface area contributed by atoms with E-state index >= 15 is 0 Å². The maximum atomic E-state index is 12.3. The lowest BCUT2D eigenvalue weighted by molar-refractivity contribution is -0.119. The number of ether oxygens (including phenoxy) is 1. The van der Waals surface area contributed by atoms with Gasteiger partial charge in [-0.25, -0.2) is 0 Å². The molecule has 2 amide bonds. The molecular weight excluding hydrogens is 352 g/mol. The standard InChI is InChI=1S/C23H28N2O3/c1-15(2)13-25-21-7-6-19(12-18(21)5-8-23(25)27)24-22(26)14-28-20-10-16(3)9-17(4)11-20/h6-7,9-12,15H,5,8,13-14H2,1-4H3,(H,24,26). The minimum Gasteiger partial charge on any atom is -0.484 e. The van der Waals surface area contributed by atoms with Crippen molar-refractivity contribution in [2.24, 2.45) is 5.92 Å². The first kappa shape index (κ1) is 19.9. The third kappa shape index (κ3) is 4.91. The molecule has 3 rings (SSSR count). The summed E-state index contributed by atoms with van der Waals surface area (Å²) in [5.74, 6) is 1.06. The quantitative estimate of drug-likeness (QED) is 0.815. The molecule has 148 valence electrons. The Morgan fingerprint density at radius 3 is 2.50 bits per heavy atom. The smallest absolute Gasteiger partial charge is 0.262 e. The summed E-state index contributed by atoms with van der Waals surface area (Å²) in [6, 6.07) is 11.6. The van der Waals surface area contributed by atoms with Gasteiger partial charge in [0.2, 0.25) is 5.91 Å². The third-order valence-corrected chi connectivity index (χ3v) is 4.68. The topological polar surface area (TPSA) is 58.6 Å². The summed E-state index contributed by atoms with van der Waals surface area (Å²) < 4.78 is 5.62. The molecule has 1 N–H and O–H groups in total. The van der Waals surface area contributed by atoms with E-state index in [-0.39, 0.29) is 18.4 Å². The lowest BCUT2D eigenvalue weighted by Crippen LogP contribution is -2.37. The maximum absolute atomic E-state index is 12.3. The minimum absolute atomic E-state index is 0.0437. The maximum Gasteiger partial charge on any atom is 0.262 e. The molecule has 1 aliphatic heterocycles. The molecule has 5 nitrogen and oxygen atoms in total. The second-order valence-corrected chi connectivity index (χ2v) is 7.90. The van der Waals surface area contributed by atoms with Crippen LogP contribution >= 0.6 is 0 Å². The fourth-order valence-corrected chi connectivity index (χ4v) is 3.57. The van der Waals surface area contributed by atoms with E-state index in [0.717, 1.165) is 28.1 Å². The Labute approximate surface area is 166 Å². The first-order valence-electron chi connectivity index (χ1n) is 9.76. The average molecular weight is 380 g/mol. The molecule has 0 aliphatic carbocycles. The summed E-state index contributed by atoms with van der Waals surface area (Å²) in [6.45, 7) is 8.87. The first-order valence-corrected chi connectivity index (χ1v) is 9.76. The van der Waals surface area contributed by atoms with E-state index in [4.69, 9.17) is 4.74 Å². The Bertz CT molecular complexity index is 869. The summed E-state index contributed by atoms with van der Waals surface area (Å²) in [5, 5.41) is 2.89. The van der Waals surface area contributed by atoms with Crippen LogP contribution in [0.5, 0.6) is 5.75 Å². The Balaban J connectivity index is 1.65. The lowest BCUT2D eigenvalue weighted by Gasteiger charge is -2.31. The number of carbonyl (C=O) groups excluding carboxylic acids is 2. The van der Waals surface area contributed by atoms with Crippen LogP contribution in [0.15, 0.2) is 36.4 Å². The van der Waals surface area contributed by atoms with Crippen LogP contribution in [0.25, 0.3) is 0 Å². The van der Waals surface area contributed by atoms with Crippen molar-refractivity contribution >= 4 is 23.2 Å². The average Bonchev–Trinajstić information content (AvgIpc) is 2.61. The van der Waals surface area contributed by atoms with Crippen LogP contribution in [-0.4, -0.2) is 25.0 Å². The van der Waals surface area contributed by atoms with Gasteiger partial charge in [0.05, 0.1) is 0 Å². The van der Waals surface area contributed by atoms with Gasteiger partial charge in [0, 0.05) is 24.3 Å². The normalized spacial score (nSPS) is 13.5. The van der Waals surface area contributed by atoms with E-state index in [0.29, 0.717) is 31.1 Å². The largest absolute Gasteiger partial charge is 0.484 e. The number of anilines is 2. The van der Waals surface area contributed by atoms with Gasteiger partial charge < -0.3 is 15.0 Å². The molecule has 0 unspecified atom stereocenters. The number of nitrogens with zero attached hydrogens (tertiary/aromatic N) is 1. The van der Waals surface area contributed by atoms with Crippen molar-refractivity contribution in [2.45, 2.75) is 40.5 Å². The Kier molecular flexibility index (Phi) is 6.02. The molecule has 0 aromatic heterocycles. The van der Waals surface area contributed by atoms with Gasteiger partial charge in [-0.15, -0.1) is 0 Å². The van der Waals surface area contributed by atoms with Crippen LogP contribution in [0, 0.1) is 19.8 Å². The predicted octanol–water partition coefficient (Wildman–Crippen LogP) is 4.26. The summed E-state index contributed by atoms with van der Waals surface area (Å²) in [6.07, 6.45) is 1.21. The van der Waals surface area contributed by atoms with Gasteiger partial charge in [0.15, 0.2) is 6.61 Å². The molecular formula is C23H28N2O3. The molecule has 28 heavy (non-hydrogen) atoms. The van der Waals surface area contributed by atoms with Gasteiger partial charge in [0.25, 0.3) is 5.91 Å². The molecule has 5 heteroatoms. The third-order valence-electron chi connectivity index (χ3n) is 4.68. The summed E-state index contributed by atoms with van der Waals surface area (Å²) >= 11 is 0. The molecule has 0 saturated carbocycles. The van der Waals surface area contributed by atoms with Crippen molar-refractivity contribution in [1.82, 2.24) is 0 Å². The minimum atomic E-state index is -0.204. The first-order chi connectivity index (χ1) is 13.3. The van der Waals surface area contributed by atoms with Gasteiger partial charge in [-0.3, -0.25) is 9.59 Å². The van der Waals surface area contributed by atoms with E-state index in [9.17, 15) is 9.59 Å². The van der Waals surface area contributed by atoms with Gasteiger partial charge in [-0.05, 0) is 73.2 Å². The molecule has 2 aromatic rings. The molecule has 1 aliphatic rings. The highest BCUT2D eigenvalue weighted by Crippen LogP contribution is 2.31. The Morgan fingerprint density at radius 2 is 1.82 bits per heavy atom. The number of fused-ring (bicyclic) bond motifs is 1. The zero-order valence-corrected chi connectivity index (χ0v) is 17.0. The predicted molar refractivity (Wildman–Crippen MR) is 112 cm³/mol. The van der Waals surface area contributed by atoms with Crippen LogP contribution in [-0.2, 0) is 16.0 Å². The Morgan fingerprint density at radius 1 is 1.11 bits per heavy atom. The van der Waals surface area contributed by atoms with Crippen molar-refractivity contribution < 1.29 is 14.3 Å². The van der Waals surface area contributed by atoms with Crippen molar-refractivity contribution in [3.63, 3.8) is 0 Å². The van der Waals surface area contributed by atoms with Crippen molar-refractivity contribution in [3.05, 3.63) is 53.1 Å². The van der Waals surface area contributed by atoms with Crippen molar-refractivity contribution in [3.8, 4) is 5.75 Å². The monoisotopic (exact) mass is 380 g/mol. The van der Waals surface area contributed by atoms with Gasteiger partial charge >= 0.3 is 0 Å². The molecule has 0 radical (unpaired) electrons. The molecule has 0 spiro atoms. The molecule has 2 aromatic carbocycles. The zero-order chi connectivity index (χ0) is 20.3. The fourth-order valence-electron chi connectivity index (χ4n) is 3.57. The summed E-state index contributed by atoms with van der Waals surface area (Å²) in [5.41, 5.74) is 4.98. The number of hydrogen-bond donors (Lipinski definition) is 1. The Hall–Kier alpha value is -2.82. The van der Waals surface area contributed by atoms with Crippen LogP contribution in [0.4, 0.5) is 11.4 Å². The van der Waals surface area contributed by atoms with Crippen LogP contribution in [0.1, 0.15) is 37.0 Å². The van der Waals surface area contributed by atoms with Crippen molar-refractivity contribution in [1.29, 1.82) is 0 Å². The van der Waals surface area contributed by atoms with E-state index < -0.39 is 0 Å². The van der Waals surface area contributed by atoms with E-state index in [2.05, 4.69) is 25.2 Å². The molecule has 1 heterocycles. The number of carbonyl (C=O) groups is 2. The molecule has 0 atom stereocenters. The molecule has 0 bridgehead atoms. The zero-order valence-electron chi connectivity index (χ0n) is 17.0. The number of hydrogen-bond acceptors (Lipinski definition) is 3. The molecule has 0 saturated heterocycles. The highest BCUT2D eigenvalue weighted by Gasteiger charge is 2.24. The molecule has 0 fully saturated rings. The summed E-state index contributed by atoms with van der Waals surface area (Å²) in [7, 11) is 0. The van der Waals surface area contributed by atoms with E-state index in [1.54, 1.807) is 0 Å². The number of nitrogens with one attached hydrogen (secondary N) is 1. The van der Waals surface area contributed by atoms with Gasteiger partial charge in [-0.1, -0.05) is 19.9 Å². The number of rotatable bonds is 6. The van der Waals surface area contributed by atoms with Crippen LogP contribution in [0.3, 0.4) is 0 Å². The highest BCUT2D eigenvalue weighted by molar-refractivity contribution is 5.97. The second kappa shape index (κ2) is 8.46. The second-order valence-electron chi connectivity index (χ2n) is 7.90. The van der Waals surface area contributed by atoms with Crippen LogP contribution in [0.2, 0.25) is 0 Å². The lowest BCUT2D eigenvalue weighted by atomic mass is 9.99. The number of aryl methyl sites for hydroxylation is 3. The highest BCUT2D eigenvalue weighted by atomic mass is 16.5. The number of benzene rings is 2. The van der Waals surface area contributed by atoms with Gasteiger partial charge in [-0.2, -0.15) is 0 Å². The summed E-state index contributed by atoms with van der Waals surface area (Å²) in [4.78, 5) is 26.4. The van der Waals surface area contributed by atoms with Gasteiger partial charge in [0.1, 0.15) is 5.75 Å². The van der Waals surface area contributed by atoms with E-state index in [1.165, 1.54) is 0 Å². The fraction of sp³-hybridized carbons (Fsp3) is 0.391. The van der Waals surface area contributed by atoms with Crippen molar-refractivity contribution in [2.75, 3.05) is 23.4 Å². The van der Waals surface area contributed by atoms with E-state index in [1.807, 2.05) is 49.1 Å².